The van der Waals surface area contributed by atoms with Crippen LogP contribution in [-0.2, 0) is 22.1 Å². The maximum absolute atomic E-state index is 13.3. The molecule has 0 saturated carbocycles. The fourth-order valence-electron chi connectivity index (χ4n) is 4.55. The highest BCUT2D eigenvalue weighted by Crippen LogP contribution is 2.25. The third-order valence-electron chi connectivity index (χ3n) is 6.56. The zero-order valence-electron chi connectivity index (χ0n) is 20.0. The highest BCUT2D eigenvalue weighted by molar-refractivity contribution is 7.90. The van der Waals surface area contributed by atoms with Crippen molar-refractivity contribution < 1.29 is 17.6 Å². The van der Waals surface area contributed by atoms with Gasteiger partial charge in [-0.25, -0.2) is 12.8 Å². The lowest BCUT2D eigenvalue weighted by Crippen LogP contribution is -2.48. The number of para-hydroxylation sites is 1. The molecule has 1 saturated heterocycles. The number of aromatic nitrogens is 1. The van der Waals surface area contributed by atoms with E-state index < -0.39 is 9.84 Å². The first-order chi connectivity index (χ1) is 17.8. The van der Waals surface area contributed by atoms with Crippen molar-refractivity contribution in [2.45, 2.75) is 17.2 Å². The number of nitrogens with zero attached hydrogens (tertiary/aromatic N) is 3. The molecule has 9 heteroatoms. The van der Waals surface area contributed by atoms with Gasteiger partial charge >= 0.3 is 0 Å². The molecule has 0 N–H and O–H groups in total. The van der Waals surface area contributed by atoms with E-state index in [4.69, 9.17) is 11.6 Å². The molecule has 1 aromatic heterocycles. The summed E-state index contributed by atoms with van der Waals surface area (Å²) in [5.41, 5.74) is 2.43. The monoisotopic (exact) mass is 537 g/mol. The van der Waals surface area contributed by atoms with Crippen LogP contribution in [0.1, 0.15) is 21.5 Å². The quantitative estimate of drug-likeness (QED) is 0.348. The van der Waals surface area contributed by atoms with E-state index in [0.717, 1.165) is 10.9 Å². The second-order valence-corrected chi connectivity index (χ2v) is 11.5. The van der Waals surface area contributed by atoms with Crippen molar-refractivity contribution in [3.63, 3.8) is 0 Å². The van der Waals surface area contributed by atoms with Crippen LogP contribution >= 0.6 is 11.6 Å². The second kappa shape index (κ2) is 10.6. The van der Waals surface area contributed by atoms with Crippen LogP contribution in [0.15, 0.2) is 83.9 Å². The molecule has 5 rings (SSSR count). The van der Waals surface area contributed by atoms with Crippen molar-refractivity contribution in [2.75, 3.05) is 26.2 Å². The van der Waals surface area contributed by atoms with Gasteiger partial charge in [-0.3, -0.25) is 14.7 Å². The van der Waals surface area contributed by atoms with E-state index in [2.05, 4.69) is 9.88 Å². The van der Waals surface area contributed by atoms with E-state index in [0.29, 0.717) is 54.4 Å². The fraction of sp³-hybridized carbons (Fsp3) is 0.214. The molecular weight excluding hydrogens is 513 g/mol. The molecule has 1 amide bonds. The highest BCUT2D eigenvalue weighted by Gasteiger charge is 2.23. The Bertz CT molecular complexity index is 1550. The Morgan fingerprint density at radius 3 is 2.41 bits per heavy atom. The molecule has 3 aromatic carbocycles. The van der Waals surface area contributed by atoms with Crippen LogP contribution < -0.4 is 0 Å². The predicted octanol–water partition coefficient (Wildman–Crippen LogP) is 4.96. The summed E-state index contributed by atoms with van der Waals surface area (Å²) in [5.74, 6) is -0.632. The van der Waals surface area contributed by atoms with Crippen LogP contribution in [-0.4, -0.2) is 55.3 Å². The van der Waals surface area contributed by atoms with Gasteiger partial charge in [0.1, 0.15) is 5.82 Å². The molecule has 0 radical (unpaired) electrons. The lowest BCUT2D eigenvalue weighted by molar-refractivity contribution is 0.0628. The van der Waals surface area contributed by atoms with E-state index in [9.17, 15) is 17.6 Å². The number of carbonyl (C=O) groups excluding carboxylic acids is 1. The number of hydrogen-bond donors (Lipinski definition) is 0. The summed E-state index contributed by atoms with van der Waals surface area (Å²) in [4.78, 5) is 21.5. The molecule has 1 aliphatic rings. The Labute approximate surface area is 220 Å². The molecular formula is C28H25ClFN3O3S. The number of benzene rings is 3. The van der Waals surface area contributed by atoms with Gasteiger partial charge in [0.25, 0.3) is 5.91 Å². The fourth-order valence-corrected chi connectivity index (χ4v) is 6.32. The van der Waals surface area contributed by atoms with Gasteiger partial charge in [0.15, 0.2) is 9.84 Å². The van der Waals surface area contributed by atoms with Crippen molar-refractivity contribution >= 4 is 38.2 Å². The molecule has 0 bridgehead atoms. The Morgan fingerprint density at radius 2 is 1.68 bits per heavy atom. The van der Waals surface area contributed by atoms with Crippen molar-refractivity contribution in [1.82, 2.24) is 14.8 Å². The van der Waals surface area contributed by atoms with Crippen LogP contribution in [0, 0.1) is 5.82 Å². The van der Waals surface area contributed by atoms with Gasteiger partial charge in [0.2, 0.25) is 0 Å². The Balaban J connectivity index is 1.21. The zero-order chi connectivity index (χ0) is 26.0. The minimum absolute atomic E-state index is 0.0906. The number of sulfone groups is 1. The summed E-state index contributed by atoms with van der Waals surface area (Å²) in [7, 11) is -3.62. The van der Waals surface area contributed by atoms with E-state index >= 15 is 0 Å². The molecule has 0 atom stereocenters. The van der Waals surface area contributed by atoms with Crippen LogP contribution in [0.2, 0.25) is 5.02 Å². The van der Waals surface area contributed by atoms with Crippen LogP contribution in [0.4, 0.5) is 4.39 Å². The smallest absolute Gasteiger partial charge is 0.253 e. The van der Waals surface area contributed by atoms with Crippen molar-refractivity contribution in [3.05, 3.63) is 107 Å². The summed E-state index contributed by atoms with van der Waals surface area (Å²) >= 11 is 6.15. The zero-order valence-corrected chi connectivity index (χ0v) is 21.6. The minimum Gasteiger partial charge on any atom is -0.336 e. The van der Waals surface area contributed by atoms with Gasteiger partial charge in [-0.2, -0.15) is 0 Å². The molecule has 1 aliphatic heterocycles. The molecule has 0 aliphatic carbocycles. The van der Waals surface area contributed by atoms with Crippen molar-refractivity contribution in [2.24, 2.45) is 0 Å². The first kappa shape index (κ1) is 25.3. The average Bonchev–Trinajstić information content (AvgIpc) is 2.90. The number of carbonyl (C=O) groups is 1. The number of amides is 1. The van der Waals surface area contributed by atoms with Crippen molar-refractivity contribution in [1.29, 1.82) is 0 Å². The largest absolute Gasteiger partial charge is 0.336 e. The summed E-state index contributed by atoms with van der Waals surface area (Å²) in [6.45, 7) is 3.06. The lowest BCUT2D eigenvalue weighted by Gasteiger charge is -2.35. The third-order valence-corrected chi connectivity index (χ3v) is 8.62. The maximum Gasteiger partial charge on any atom is 0.253 e. The van der Waals surface area contributed by atoms with Gasteiger partial charge in [0, 0.05) is 54.9 Å². The van der Waals surface area contributed by atoms with Crippen LogP contribution in [0.5, 0.6) is 0 Å². The maximum atomic E-state index is 13.3. The summed E-state index contributed by atoms with van der Waals surface area (Å²) < 4.78 is 39.6. The normalized spacial score (nSPS) is 14.7. The minimum atomic E-state index is -3.62. The molecule has 1 fully saturated rings. The van der Waals surface area contributed by atoms with E-state index in [1.54, 1.807) is 59.6 Å². The average molecular weight is 538 g/mol. The Kier molecular flexibility index (Phi) is 7.24. The van der Waals surface area contributed by atoms with Gasteiger partial charge in [-0.15, -0.1) is 0 Å². The van der Waals surface area contributed by atoms with Crippen LogP contribution in [0.25, 0.3) is 10.9 Å². The van der Waals surface area contributed by atoms with Gasteiger partial charge in [-0.05, 0) is 47.5 Å². The molecule has 37 heavy (non-hydrogen) atoms. The summed E-state index contributed by atoms with van der Waals surface area (Å²) in [6.07, 6.45) is 1.58. The van der Waals surface area contributed by atoms with E-state index in [1.165, 1.54) is 12.1 Å². The van der Waals surface area contributed by atoms with E-state index in [1.807, 2.05) is 12.1 Å². The molecule has 190 valence electrons. The second-order valence-electron chi connectivity index (χ2n) is 9.09. The predicted molar refractivity (Wildman–Crippen MR) is 142 cm³/mol. The highest BCUT2D eigenvalue weighted by atomic mass is 35.5. The standard InChI is InChI=1S/C28H25ClFN3O3S/c29-25-17-24(30)11-10-23(25)18-32-13-15-33(16-14-32)28(34)22-8-6-20(7-9-22)19-37(35,36)26-5-1-3-21-4-2-12-31-27(21)26/h1-12,17H,13-16,18-19H2. The first-order valence-corrected chi connectivity index (χ1v) is 13.9. The van der Waals surface area contributed by atoms with Crippen molar-refractivity contribution in [3.8, 4) is 0 Å². The number of piperazine rings is 1. The number of halogens is 2. The number of fused-ring (bicyclic) bond motifs is 1. The van der Waals surface area contributed by atoms with Gasteiger partial charge in [-0.1, -0.05) is 48.0 Å². The summed E-state index contributed by atoms with van der Waals surface area (Å²) in [6, 6.07) is 19.9. The number of pyridine rings is 1. The first-order valence-electron chi connectivity index (χ1n) is 11.9. The molecule has 4 aromatic rings. The molecule has 0 unspecified atom stereocenters. The number of hydrogen-bond acceptors (Lipinski definition) is 5. The topological polar surface area (TPSA) is 70.6 Å². The van der Waals surface area contributed by atoms with E-state index in [-0.39, 0.29) is 22.4 Å². The molecule has 0 spiro atoms. The van der Waals surface area contributed by atoms with Gasteiger partial charge < -0.3 is 4.90 Å². The Morgan fingerprint density at radius 1 is 0.946 bits per heavy atom. The lowest BCUT2D eigenvalue weighted by atomic mass is 10.1. The summed E-state index contributed by atoms with van der Waals surface area (Å²) in [5, 5.41) is 1.17. The third kappa shape index (κ3) is 5.66. The molecule has 2 heterocycles. The van der Waals surface area contributed by atoms with Crippen LogP contribution in [0.3, 0.4) is 0 Å². The molecule has 6 nitrogen and oxygen atoms in total. The Hall–Kier alpha value is -3.33. The number of rotatable bonds is 6. The SMILES string of the molecule is O=C(c1ccc(CS(=O)(=O)c2cccc3cccnc23)cc1)N1CCN(Cc2ccc(F)cc2Cl)CC1. The van der Waals surface area contributed by atoms with Gasteiger partial charge in [0.05, 0.1) is 16.2 Å².